The molecule has 1 aromatic carbocycles. The van der Waals surface area contributed by atoms with Crippen LogP contribution in [0.3, 0.4) is 0 Å². The molecule has 0 saturated heterocycles. The van der Waals surface area contributed by atoms with Crippen molar-refractivity contribution in [1.82, 2.24) is 4.98 Å². The Morgan fingerprint density at radius 2 is 2.39 bits per heavy atom. The van der Waals surface area contributed by atoms with E-state index in [2.05, 4.69) is 11.9 Å². The van der Waals surface area contributed by atoms with E-state index >= 15 is 0 Å². The lowest BCUT2D eigenvalue weighted by Gasteiger charge is -2.09. The Hall–Kier alpha value is -1.55. The van der Waals surface area contributed by atoms with Crippen LogP contribution in [0.25, 0.3) is 10.9 Å². The van der Waals surface area contributed by atoms with Crippen LogP contribution in [0.1, 0.15) is 30.9 Å². The zero-order valence-corrected chi connectivity index (χ0v) is 10.6. The molecule has 1 aliphatic rings. The Balaban J connectivity index is 2.29. The third-order valence-electron chi connectivity index (χ3n) is 3.70. The molecule has 0 amide bonds. The smallest absolute Gasteiger partial charge is 0.167 e. The van der Waals surface area contributed by atoms with Gasteiger partial charge < -0.3 is 15.5 Å². The van der Waals surface area contributed by atoms with Crippen LogP contribution in [-0.4, -0.2) is 17.6 Å². The second-order valence-electron chi connectivity index (χ2n) is 5.10. The maximum absolute atomic E-state index is 13.9. The fourth-order valence-corrected chi connectivity index (χ4v) is 2.72. The Morgan fingerprint density at radius 1 is 1.61 bits per heavy atom. The minimum Gasteiger partial charge on any atom is -0.487 e. The number of nitrogens with one attached hydrogen (secondary N) is 1. The summed E-state index contributed by atoms with van der Waals surface area (Å²) in [4.78, 5) is 3.14. The number of ether oxygens (including phenoxy) is 1. The van der Waals surface area contributed by atoms with Crippen LogP contribution in [0.15, 0.2) is 12.3 Å². The van der Waals surface area contributed by atoms with Crippen LogP contribution in [-0.2, 0) is 6.42 Å². The van der Waals surface area contributed by atoms with E-state index in [4.69, 9.17) is 10.5 Å². The summed E-state index contributed by atoms with van der Waals surface area (Å²) in [5.74, 6) is 0.389. The summed E-state index contributed by atoms with van der Waals surface area (Å²) in [6.07, 6.45) is 2.73. The van der Waals surface area contributed by atoms with Gasteiger partial charge in [0.15, 0.2) is 11.6 Å². The first-order valence-corrected chi connectivity index (χ1v) is 6.31. The van der Waals surface area contributed by atoms with Crippen molar-refractivity contribution in [3.8, 4) is 5.75 Å². The van der Waals surface area contributed by atoms with Crippen LogP contribution in [0.4, 0.5) is 4.39 Å². The van der Waals surface area contributed by atoms with Gasteiger partial charge in [0.2, 0.25) is 0 Å². The standard InChI is InChI=1S/C14H17FN2O/c1-7(5-16)10-6-17-12-4-11(15)14-9(13(10)12)3-8(2)18-14/h4,6-8,17H,3,5,16H2,1-2H3. The molecule has 0 aliphatic carbocycles. The fraction of sp³-hybridized carbons (Fsp3) is 0.429. The molecule has 0 saturated carbocycles. The first kappa shape index (κ1) is 11.5. The number of benzene rings is 1. The molecule has 1 aliphatic heterocycles. The van der Waals surface area contributed by atoms with E-state index in [9.17, 15) is 4.39 Å². The van der Waals surface area contributed by atoms with Gasteiger partial charge in [-0.05, 0) is 24.9 Å². The first-order valence-electron chi connectivity index (χ1n) is 6.31. The van der Waals surface area contributed by atoms with Gasteiger partial charge in [0.1, 0.15) is 6.10 Å². The van der Waals surface area contributed by atoms with Gasteiger partial charge in [-0.25, -0.2) is 4.39 Å². The third kappa shape index (κ3) is 1.52. The average molecular weight is 248 g/mol. The van der Waals surface area contributed by atoms with Crippen molar-refractivity contribution in [2.24, 2.45) is 5.73 Å². The molecule has 3 nitrogen and oxygen atoms in total. The predicted molar refractivity (Wildman–Crippen MR) is 69.5 cm³/mol. The Bertz CT molecular complexity index is 605. The van der Waals surface area contributed by atoms with Gasteiger partial charge in [0.05, 0.1) is 0 Å². The molecule has 0 radical (unpaired) electrons. The van der Waals surface area contributed by atoms with E-state index in [1.165, 1.54) is 6.07 Å². The van der Waals surface area contributed by atoms with Crippen molar-refractivity contribution in [3.05, 3.63) is 29.2 Å². The quantitative estimate of drug-likeness (QED) is 0.858. The maximum atomic E-state index is 13.9. The molecule has 1 aromatic heterocycles. The van der Waals surface area contributed by atoms with E-state index in [1.54, 1.807) is 0 Å². The fourth-order valence-electron chi connectivity index (χ4n) is 2.72. The topological polar surface area (TPSA) is 51.0 Å². The molecule has 96 valence electrons. The van der Waals surface area contributed by atoms with Crippen LogP contribution in [0.5, 0.6) is 5.75 Å². The largest absolute Gasteiger partial charge is 0.487 e. The van der Waals surface area contributed by atoms with Crippen molar-refractivity contribution in [2.75, 3.05) is 6.54 Å². The first-order chi connectivity index (χ1) is 8.61. The highest BCUT2D eigenvalue weighted by Gasteiger charge is 2.27. The summed E-state index contributed by atoms with van der Waals surface area (Å²) < 4.78 is 19.5. The number of fused-ring (bicyclic) bond motifs is 3. The van der Waals surface area contributed by atoms with Crippen molar-refractivity contribution >= 4 is 10.9 Å². The van der Waals surface area contributed by atoms with Gasteiger partial charge in [0, 0.05) is 35.2 Å². The molecule has 2 atom stereocenters. The lowest BCUT2D eigenvalue weighted by Crippen LogP contribution is -2.08. The highest BCUT2D eigenvalue weighted by Crippen LogP contribution is 2.40. The number of hydrogen-bond acceptors (Lipinski definition) is 2. The van der Waals surface area contributed by atoms with Gasteiger partial charge in [-0.2, -0.15) is 0 Å². The second kappa shape index (κ2) is 3.99. The van der Waals surface area contributed by atoms with Gasteiger partial charge in [0.25, 0.3) is 0 Å². The Labute approximate surface area is 105 Å². The van der Waals surface area contributed by atoms with Crippen LogP contribution < -0.4 is 10.5 Å². The molecule has 2 heterocycles. The summed E-state index contributed by atoms with van der Waals surface area (Å²) in [5.41, 5.74) is 8.70. The SMILES string of the molecule is CC1Cc2c(c(F)cc3[nH]cc(C(C)CN)c23)O1. The summed E-state index contributed by atoms with van der Waals surface area (Å²) >= 11 is 0. The minimum absolute atomic E-state index is 0.0380. The summed E-state index contributed by atoms with van der Waals surface area (Å²) in [5, 5.41) is 1.09. The molecule has 3 N–H and O–H groups in total. The van der Waals surface area contributed by atoms with Crippen molar-refractivity contribution in [3.63, 3.8) is 0 Å². The number of H-pyrrole nitrogens is 1. The third-order valence-corrected chi connectivity index (χ3v) is 3.70. The Kier molecular flexibility index (Phi) is 2.55. The number of nitrogens with two attached hydrogens (primary N) is 1. The predicted octanol–water partition coefficient (Wildman–Crippen LogP) is 2.69. The summed E-state index contributed by atoms with van der Waals surface area (Å²) in [7, 11) is 0. The highest BCUT2D eigenvalue weighted by atomic mass is 19.1. The number of hydrogen-bond donors (Lipinski definition) is 2. The lowest BCUT2D eigenvalue weighted by atomic mass is 9.95. The van der Waals surface area contributed by atoms with Gasteiger partial charge in [-0.3, -0.25) is 0 Å². The van der Waals surface area contributed by atoms with E-state index < -0.39 is 0 Å². The molecule has 3 rings (SSSR count). The molecular formula is C14H17FN2O. The summed E-state index contributed by atoms with van der Waals surface area (Å²) in [6.45, 7) is 4.62. The zero-order chi connectivity index (χ0) is 12.9. The molecular weight excluding hydrogens is 231 g/mol. The lowest BCUT2D eigenvalue weighted by molar-refractivity contribution is 0.245. The van der Waals surface area contributed by atoms with Crippen LogP contribution in [0.2, 0.25) is 0 Å². The minimum atomic E-state index is -0.282. The van der Waals surface area contributed by atoms with E-state index in [1.807, 2.05) is 13.1 Å². The number of aromatic amines is 1. The van der Waals surface area contributed by atoms with Gasteiger partial charge >= 0.3 is 0 Å². The molecule has 0 spiro atoms. The van der Waals surface area contributed by atoms with Crippen LogP contribution in [0, 0.1) is 5.82 Å². The number of rotatable bonds is 2. The molecule has 0 bridgehead atoms. The maximum Gasteiger partial charge on any atom is 0.167 e. The number of aromatic nitrogens is 1. The van der Waals surface area contributed by atoms with E-state index in [0.717, 1.165) is 28.5 Å². The molecule has 0 fully saturated rings. The molecule has 4 heteroatoms. The molecule has 2 unspecified atom stereocenters. The van der Waals surface area contributed by atoms with Crippen molar-refractivity contribution < 1.29 is 9.13 Å². The van der Waals surface area contributed by atoms with E-state index in [-0.39, 0.29) is 17.8 Å². The molecule has 18 heavy (non-hydrogen) atoms. The van der Waals surface area contributed by atoms with Crippen molar-refractivity contribution in [2.45, 2.75) is 32.3 Å². The van der Waals surface area contributed by atoms with E-state index in [0.29, 0.717) is 12.3 Å². The molecule has 2 aromatic rings. The monoisotopic (exact) mass is 248 g/mol. The number of halogens is 1. The summed E-state index contributed by atoms with van der Waals surface area (Å²) in [6, 6.07) is 1.51. The van der Waals surface area contributed by atoms with Gasteiger partial charge in [-0.15, -0.1) is 0 Å². The van der Waals surface area contributed by atoms with Crippen LogP contribution >= 0.6 is 0 Å². The van der Waals surface area contributed by atoms with Crippen molar-refractivity contribution in [1.29, 1.82) is 0 Å². The van der Waals surface area contributed by atoms with Gasteiger partial charge in [-0.1, -0.05) is 6.92 Å². The zero-order valence-electron chi connectivity index (χ0n) is 10.6. The highest BCUT2D eigenvalue weighted by molar-refractivity contribution is 5.90. The Morgan fingerprint density at radius 3 is 3.11 bits per heavy atom. The second-order valence-corrected chi connectivity index (χ2v) is 5.10. The normalized spacial score (nSPS) is 19.9. The average Bonchev–Trinajstić information content (AvgIpc) is 2.91.